The lowest BCUT2D eigenvalue weighted by molar-refractivity contribution is -0.141. The van der Waals surface area contributed by atoms with Crippen LogP contribution >= 0.6 is 0 Å². The average Bonchev–Trinajstić information content (AvgIpc) is 2.56. The molecule has 5 nitrogen and oxygen atoms in total. The normalized spacial score (nSPS) is 14.8. The number of carboxylic acid groups (broad SMARTS) is 1. The summed E-state index contributed by atoms with van der Waals surface area (Å²) in [7, 11) is 0. The van der Waals surface area contributed by atoms with Gasteiger partial charge in [0.2, 0.25) is 0 Å². The van der Waals surface area contributed by atoms with Gasteiger partial charge in [0.1, 0.15) is 5.54 Å². The van der Waals surface area contributed by atoms with Crippen LogP contribution in [0.1, 0.15) is 5.69 Å². The average molecular weight is 181 g/mol. The number of aliphatic carboxylic acids is 1. The number of rotatable bonds is 4. The minimum absolute atomic E-state index is 0.159. The van der Waals surface area contributed by atoms with E-state index < -0.39 is 11.5 Å². The van der Waals surface area contributed by atoms with Gasteiger partial charge in [0.15, 0.2) is 0 Å². The van der Waals surface area contributed by atoms with E-state index in [2.05, 4.69) is 16.5 Å². The van der Waals surface area contributed by atoms with Crippen LogP contribution in [0.4, 0.5) is 0 Å². The summed E-state index contributed by atoms with van der Waals surface area (Å²) in [6, 6.07) is 0. The Morgan fingerprint density at radius 3 is 3.00 bits per heavy atom. The van der Waals surface area contributed by atoms with E-state index in [0.717, 1.165) is 0 Å². The Hall–Kier alpha value is -1.62. The fraction of sp³-hybridized carbons (Fsp3) is 0.250. The van der Waals surface area contributed by atoms with Gasteiger partial charge in [0.25, 0.3) is 0 Å². The van der Waals surface area contributed by atoms with Crippen LogP contribution in [0.15, 0.2) is 25.2 Å². The first kappa shape index (κ1) is 9.47. The number of imidazole rings is 1. The van der Waals surface area contributed by atoms with Crippen molar-refractivity contribution >= 4 is 5.97 Å². The monoisotopic (exact) mass is 181 g/mol. The standard InChI is InChI=1S/C8H11N3O2/c1-2-8(9,7(12)13)3-6-4-10-5-11-6/h2,4-5H,1,3,9H2,(H,10,11)(H,12,13). The second-order valence-corrected chi connectivity index (χ2v) is 2.80. The maximum atomic E-state index is 10.7. The molecule has 0 fully saturated rings. The minimum atomic E-state index is -1.42. The number of nitrogens with two attached hydrogens (primary N) is 1. The van der Waals surface area contributed by atoms with E-state index in [-0.39, 0.29) is 6.42 Å². The lowest BCUT2D eigenvalue weighted by atomic mass is 9.95. The molecule has 0 bridgehead atoms. The van der Waals surface area contributed by atoms with Crippen molar-refractivity contribution in [3.63, 3.8) is 0 Å². The van der Waals surface area contributed by atoms with Crippen LogP contribution in [0.5, 0.6) is 0 Å². The summed E-state index contributed by atoms with van der Waals surface area (Å²) in [4.78, 5) is 17.3. The summed E-state index contributed by atoms with van der Waals surface area (Å²) in [5.74, 6) is -1.10. The molecule has 13 heavy (non-hydrogen) atoms. The maximum Gasteiger partial charge on any atom is 0.328 e. The molecule has 0 saturated heterocycles. The number of H-pyrrole nitrogens is 1. The molecule has 0 radical (unpaired) electrons. The highest BCUT2D eigenvalue weighted by Gasteiger charge is 2.30. The molecule has 1 unspecified atom stereocenters. The Labute approximate surface area is 75.3 Å². The second kappa shape index (κ2) is 3.40. The fourth-order valence-corrected chi connectivity index (χ4v) is 0.932. The number of aromatic amines is 1. The first-order valence-electron chi connectivity index (χ1n) is 3.71. The number of nitrogens with one attached hydrogen (secondary N) is 1. The van der Waals surface area contributed by atoms with Crippen molar-refractivity contribution in [2.75, 3.05) is 0 Å². The minimum Gasteiger partial charge on any atom is -0.480 e. The molecule has 0 spiro atoms. The molecule has 1 heterocycles. The zero-order valence-electron chi connectivity index (χ0n) is 7.03. The van der Waals surface area contributed by atoms with E-state index in [4.69, 9.17) is 10.8 Å². The molecule has 0 aliphatic rings. The molecular formula is C8H11N3O2. The Bertz CT molecular complexity index is 307. The summed E-state index contributed by atoms with van der Waals surface area (Å²) in [5.41, 5.74) is 4.81. The highest BCUT2D eigenvalue weighted by atomic mass is 16.4. The largest absolute Gasteiger partial charge is 0.480 e. The third-order valence-electron chi connectivity index (χ3n) is 1.80. The molecule has 0 saturated carbocycles. The van der Waals surface area contributed by atoms with E-state index in [1.807, 2.05) is 0 Å². The van der Waals surface area contributed by atoms with Crippen molar-refractivity contribution in [1.29, 1.82) is 0 Å². The van der Waals surface area contributed by atoms with Gasteiger partial charge in [-0.25, -0.2) is 9.78 Å². The number of nitrogens with zero attached hydrogens (tertiary/aromatic N) is 1. The number of hydrogen-bond acceptors (Lipinski definition) is 3. The molecule has 0 aromatic carbocycles. The quantitative estimate of drug-likeness (QED) is 0.566. The third kappa shape index (κ3) is 1.94. The SMILES string of the molecule is C=CC(N)(Cc1cnc[nH]1)C(=O)O. The van der Waals surface area contributed by atoms with Gasteiger partial charge < -0.3 is 15.8 Å². The molecule has 1 atom stereocenters. The summed E-state index contributed by atoms with van der Waals surface area (Å²) < 4.78 is 0. The van der Waals surface area contributed by atoms with Gasteiger partial charge in [-0.1, -0.05) is 6.08 Å². The number of carbonyl (C=O) groups is 1. The lowest BCUT2D eigenvalue weighted by Gasteiger charge is -2.18. The molecule has 0 aliphatic carbocycles. The van der Waals surface area contributed by atoms with Crippen molar-refractivity contribution in [1.82, 2.24) is 9.97 Å². The van der Waals surface area contributed by atoms with Crippen LogP contribution in [0, 0.1) is 0 Å². The van der Waals surface area contributed by atoms with Crippen LogP contribution in [0.25, 0.3) is 0 Å². The lowest BCUT2D eigenvalue weighted by Crippen LogP contribution is -2.47. The molecule has 1 rings (SSSR count). The van der Waals surface area contributed by atoms with Crippen LogP contribution in [-0.2, 0) is 11.2 Å². The molecular weight excluding hydrogens is 170 g/mol. The van der Waals surface area contributed by atoms with Gasteiger partial charge in [-0.05, 0) is 0 Å². The zero-order chi connectivity index (χ0) is 9.90. The van der Waals surface area contributed by atoms with Crippen molar-refractivity contribution in [3.8, 4) is 0 Å². The van der Waals surface area contributed by atoms with Gasteiger partial charge in [-0.15, -0.1) is 6.58 Å². The molecule has 70 valence electrons. The number of hydrogen-bond donors (Lipinski definition) is 3. The maximum absolute atomic E-state index is 10.7. The zero-order valence-corrected chi connectivity index (χ0v) is 7.03. The molecule has 5 heteroatoms. The fourth-order valence-electron chi connectivity index (χ4n) is 0.932. The highest BCUT2D eigenvalue weighted by molar-refractivity contribution is 5.81. The summed E-state index contributed by atoms with van der Waals surface area (Å²) in [6.07, 6.45) is 4.39. The summed E-state index contributed by atoms with van der Waals surface area (Å²) in [6.45, 7) is 3.39. The number of aromatic nitrogens is 2. The third-order valence-corrected chi connectivity index (χ3v) is 1.80. The smallest absolute Gasteiger partial charge is 0.328 e. The Morgan fingerprint density at radius 2 is 2.62 bits per heavy atom. The van der Waals surface area contributed by atoms with E-state index in [1.54, 1.807) is 0 Å². The summed E-state index contributed by atoms with van der Waals surface area (Å²) in [5, 5.41) is 8.80. The van der Waals surface area contributed by atoms with Crippen LogP contribution in [0.2, 0.25) is 0 Å². The second-order valence-electron chi connectivity index (χ2n) is 2.80. The van der Waals surface area contributed by atoms with Crippen LogP contribution < -0.4 is 5.73 Å². The Morgan fingerprint density at radius 1 is 1.92 bits per heavy atom. The Kier molecular flexibility index (Phi) is 2.48. The van der Waals surface area contributed by atoms with Gasteiger partial charge in [-0.3, -0.25) is 0 Å². The first-order valence-corrected chi connectivity index (χ1v) is 3.71. The van der Waals surface area contributed by atoms with E-state index in [0.29, 0.717) is 5.69 Å². The summed E-state index contributed by atoms with van der Waals surface area (Å²) >= 11 is 0. The van der Waals surface area contributed by atoms with E-state index in [1.165, 1.54) is 18.6 Å². The van der Waals surface area contributed by atoms with Crippen molar-refractivity contribution in [2.45, 2.75) is 12.0 Å². The van der Waals surface area contributed by atoms with Crippen molar-refractivity contribution in [2.24, 2.45) is 5.73 Å². The van der Waals surface area contributed by atoms with Gasteiger partial charge in [-0.2, -0.15) is 0 Å². The van der Waals surface area contributed by atoms with Crippen LogP contribution in [-0.4, -0.2) is 26.6 Å². The first-order chi connectivity index (χ1) is 6.08. The molecule has 1 aromatic heterocycles. The van der Waals surface area contributed by atoms with Crippen molar-refractivity contribution in [3.05, 3.63) is 30.9 Å². The Balaban J connectivity index is 2.81. The highest BCUT2D eigenvalue weighted by Crippen LogP contribution is 2.09. The van der Waals surface area contributed by atoms with E-state index >= 15 is 0 Å². The predicted molar refractivity (Wildman–Crippen MR) is 47.0 cm³/mol. The van der Waals surface area contributed by atoms with Crippen LogP contribution in [0.3, 0.4) is 0 Å². The van der Waals surface area contributed by atoms with Gasteiger partial charge in [0.05, 0.1) is 6.33 Å². The van der Waals surface area contributed by atoms with Gasteiger partial charge >= 0.3 is 5.97 Å². The van der Waals surface area contributed by atoms with Crippen molar-refractivity contribution < 1.29 is 9.90 Å². The molecule has 0 amide bonds. The van der Waals surface area contributed by atoms with Gasteiger partial charge in [0, 0.05) is 18.3 Å². The molecule has 4 N–H and O–H groups in total. The number of carboxylic acids is 1. The predicted octanol–water partition coefficient (Wildman–Crippen LogP) is -0.0797. The van der Waals surface area contributed by atoms with E-state index in [9.17, 15) is 4.79 Å². The molecule has 1 aromatic rings. The topological polar surface area (TPSA) is 92.0 Å². The molecule has 0 aliphatic heterocycles.